The van der Waals surface area contributed by atoms with Crippen LogP contribution in [0.2, 0.25) is 0 Å². The second-order valence-electron chi connectivity index (χ2n) is 4.65. The van der Waals surface area contributed by atoms with Gasteiger partial charge in [-0.3, -0.25) is 0 Å². The number of benzene rings is 1. The molecule has 112 valence electrons. The fraction of sp³-hybridized carbons (Fsp3) is 0.462. The van der Waals surface area contributed by atoms with Gasteiger partial charge < -0.3 is 10.2 Å². The lowest BCUT2D eigenvalue weighted by Crippen LogP contribution is -2.32. The van der Waals surface area contributed by atoms with Crippen LogP contribution in [0.1, 0.15) is 43.5 Å². The number of carbonyl (C=O) groups is 1. The van der Waals surface area contributed by atoms with Gasteiger partial charge in [0.15, 0.2) is 0 Å². The number of unbranched alkanes of at least 4 members (excludes halogenated alkanes) is 1. The van der Waals surface area contributed by atoms with E-state index in [4.69, 9.17) is 5.11 Å². The number of rotatable bonds is 7. The summed E-state index contributed by atoms with van der Waals surface area (Å²) in [5.41, 5.74) is -0.436. The molecule has 0 radical (unpaired) electrons. The van der Waals surface area contributed by atoms with E-state index in [-0.39, 0.29) is 10.9 Å². The molecule has 0 bridgehead atoms. The molecule has 0 saturated heterocycles. The zero-order chi connectivity index (χ0) is 15.3. The molecule has 1 atom stereocenters. The Labute approximate surface area is 118 Å². The Balaban J connectivity index is 2.98. The van der Waals surface area contributed by atoms with Crippen molar-refractivity contribution in [1.82, 2.24) is 4.72 Å². The van der Waals surface area contributed by atoms with Crippen LogP contribution < -0.4 is 4.72 Å². The van der Waals surface area contributed by atoms with Gasteiger partial charge in [-0.1, -0.05) is 19.8 Å². The minimum Gasteiger partial charge on any atom is -0.507 e. The Morgan fingerprint density at radius 1 is 1.40 bits per heavy atom. The molecule has 7 heteroatoms. The molecule has 0 aromatic heterocycles. The van der Waals surface area contributed by atoms with E-state index < -0.39 is 27.3 Å². The summed E-state index contributed by atoms with van der Waals surface area (Å²) < 4.78 is 26.7. The molecule has 0 amide bonds. The molecule has 0 aliphatic heterocycles. The van der Waals surface area contributed by atoms with E-state index in [0.717, 1.165) is 25.0 Å². The number of hydrogen-bond donors (Lipinski definition) is 3. The zero-order valence-corrected chi connectivity index (χ0v) is 12.3. The van der Waals surface area contributed by atoms with E-state index >= 15 is 0 Å². The monoisotopic (exact) mass is 301 g/mol. The third-order valence-corrected chi connectivity index (χ3v) is 4.44. The van der Waals surface area contributed by atoms with E-state index in [9.17, 15) is 18.3 Å². The molecule has 1 aromatic carbocycles. The fourth-order valence-corrected chi connectivity index (χ4v) is 3.06. The number of carboxylic acids is 1. The fourth-order valence-electron chi connectivity index (χ4n) is 1.76. The highest BCUT2D eigenvalue weighted by molar-refractivity contribution is 7.89. The summed E-state index contributed by atoms with van der Waals surface area (Å²) in [6.07, 6.45) is 2.58. The molecule has 6 nitrogen and oxygen atoms in total. The van der Waals surface area contributed by atoms with E-state index in [2.05, 4.69) is 4.72 Å². The second kappa shape index (κ2) is 6.71. The summed E-state index contributed by atoms with van der Waals surface area (Å²) in [4.78, 5) is 10.7. The topological polar surface area (TPSA) is 104 Å². The number of phenols is 1. The molecule has 0 saturated carbocycles. The number of sulfonamides is 1. The number of aromatic hydroxyl groups is 1. The molecule has 0 heterocycles. The smallest absolute Gasteiger partial charge is 0.339 e. The molecule has 1 unspecified atom stereocenters. The maximum absolute atomic E-state index is 12.1. The first-order valence-electron chi connectivity index (χ1n) is 6.36. The predicted octanol–water partition coefficient (Wildman–Crippen LogP) is 1.95. The van der Waals surface area contributed by atoms with Crippen molar-refractivity contribution in [1.29, 1.82) is 0 Å². The Morgan fingerprint density at radius 2 is 2.05 bits per heavy atom. The highest BCUT2D eigenvalue weighted by Gasteiger charge is 2.20. The predicted molar refractivity (Wildman–Crippen MR) is 74.4 cm³/mol. The normalized spacial score (nSPS) is 13.1. The Morgan fingerprint density at radius 3 is 2.60 bits per heavy atom. The highest BCUT2D eigenvalue weighted by atomic mass is 32.2. The lowest BCUT2D eigenvalue weighted by atomic mass is 10.2. The summed E-state index contributed by atoms with van der Waals surface area (Å²) in [5, 5.41) is 18.3. The van der Waals surface area contributed by atoms with Gasteiger partial charge in [-0.15, -0.1) is 0 Å². The third kappa shape index (κ3) is 4.21. The molecular weight excluding hydrogens is 282 g/mol. The lowest BCUT2D eigenvalue weighted by molar-refractivity contribution is 0.0693. The van der Waals surface area contributed by atoms with Gasteiger partial charge in [0.25, 0.3) is 0 Å². The summed E-state index contributed by atoms with van der Waals surface area (Å²) in [7, 11) is -3.79. The van der Waals surface area contributed by atoms with Crippen LogP contribution in [-0.2, 0) is 10.0 Å². The average Bonchev–Trinajstić information content (AvgIpc) is 2.35. The molecule has 1 aromatic rings. The van der Waals surface area contributed by atoms with E-state index in [0.29, 0.717) is 6.42 Å². The van der Waals surface area contributed by atoms with Gasteiger partial charge in [-0.2, -0.15) is 0 Å². The van der Waals surface area contributed by atoms with Gasteiger partial charge in [0.1, 0.15) is 11.3 Å². The van der Waals surface area contributed by atoms with Gasteiger partial charge in [0, 0.05) is 6.04 Å². The number of aromatic carboxylic acids is 1. The largest absolute Gasteiger partial charge is 0.507 e. The Bertz CT molecular complexity index is 582. The third-order valence-electron chi connectivity index (χ3n) is 2.86. The minimum atomic E-state index is -3.79. The first kappa shape index (κ1) is 16.5. The number of hydrogen-bond acceptors (Lipinski definition) is 4. The van der Waals surface area contributed by atoms with Crippen molar-refractivity contribution >= 4 is 16.0 Å². The van der Waals surface area contributed by atoms with Crippen LogP contribution in [0.4, 0.5) is 0 Å². The summed E-state index contributed by atoms with van der Waals surface area (Å²) in [5.74, 6) is -1.84. The van der Waals surface area contributed by atoms with Crippen molar-refractivity contribution in [3.63, 3.8) is 0 Å². The van der Waals surface area contributed by atoms with Gasteiger partial charge in [-0.25, -0.2) is 17.9 Å². The minimum absolute atomic E-state index is 0.170. The maximum atomic E-state index is 12.1. The van der Waals surface area contributed by atoms with Crippen molar-refractivity contribution in [2.45, 2.75) is 44.0 Å². The van der Waals surface area contributed by atoms with E-state index in [1.54, 1.807) is 6.92 Å². The first-order chi connectivity index (χ1) is 9.27. The first-order valence-corrected chi connectivity index (χ1v) is 7.85. The van der Waals surface area contributed by atoms with Crippen LogP contribution in [0.5, 0.6) is 5.75 Å². The van der Waals surface area contributed by atoms with Gasteiger partial charge >= 0.3 is 5.97 Å². The van der Waals surface area contributed by atoms with Crippen molar-refractivity contribution in [3.05, 3.63) is 23.8 Å². The lowest BCUT2D eigenvalue weighted by Gasteiger charge is -2.14. The van der Waals surface area contributed by atoms with Gasteiger partial charge in [-0.05, 0) is 31.5 Å². The molecule has 0 aliphatic carbocycles. The van der Waals surface area contributed by atoms with Crippen LogP contribution in [0.3, 0.4) is 0 Å². The highest BCUT2D eigenvalue weighted by Crippen LogP contribution is 2.21. The van der Waals surface area contributed by atoms with Crippen molar-refractivity contribution in [2.75, 3.05) is 0 Å². The quantitative estimate of drug-likeness (QED) is 0.714. The standard InChI is InChI=1S/C13H19NO5S/c1-3-4-5-9(2)14-20(18,19)10-6-7-12(15)11(8-10)13(16)17/h6-9,14-15H,3-5H2,1-2H3,(H,16,17). The molecule has 0 aliphatic rings. The van der Waals surface area contributed by atoms with Crippen LogP contribution >= 0.6 is 0 Å². The van der Waals surface area contributed by atoms with Crippen LogP contribution in [0.15, 0.2) is 23.1 Å². The second-order valence-corrected chi connectivity index (χ2v) is 6.36. The number of carboxylic acid groups (broad SMARTS) is 1. The molecule has 20 heavy (non-hydrogen) atoms. The summed E-state index contributed by atoms with van der Waals surface area (Å²) >= 11 is 0. The van der Waals surface area contributed by atoms with Crippen LogP contribution in [0, 0.1) is 0 Å². The average molecular weight is 301 g/mol. The zero-order valence-electron chi connectivity index (χ0n) is 11.5. The van der Waals surface area contributed by atoms with E-state index in [1.165, 1.54) is 6.07 Å². The van der Waals surface area contributed by atoms with Crippen LogP contribution in [0.25, 0.3) is 0 Å². The van der Waals surface area contributed by atoms with Crippen molar-refractivity contribution in [3.8, 4) is 5.75 Å². The summed E-state index contributed by atoms with van der Waals surface area (Å²) in [6, 6.07) is 2.96. The van der Waals surface area contributed by atoms with Crippen molar-refractivity contribution in [2.24, 2.45) is 0 Å². The van der Waals surface area contributed by atoms with Crippen molar-refractivity contribution < 1.29 is 23.4 Å². The van der Waals surface area contributed by atoms with Gasteiger partial charge in [0.05, 0.1) is 4.90 Å². The molecular formula is C13H19NO5S. The molecule has 0 fully saturated rings. The summed E-state index contributed by atoms with van der Waals surface area (Å²) in [6.45, 7) is 3.77. The number of nitrogens with one attached hydrogen (secondary N) is 1. The Kier molecular flexibility index (Phi) is 5.52. The van der Waals surface area contributed by atoms with Crippen LogP contribution in [-0.4, -0.2) is 30.6 Å². The molecule has 1 rings (SSSR count). The molecule has 0 spiro atoms. The maximum Gasteiger partial charge on any atom is 0.339 e. The SMILES string of the molecule is CCCCC(C)NS(=O)(=O)c1ccc(O)c(C(=O)O)c1. The Hall–Kier alpha value is -1.60. The van der Waals surface area contributed by atoms with Gasteiger partial charge in [0.2, 0.25) is 10.0 Å². The van der Waals surface area contributed by atoms with E-state index in [1.807, 2.05) is 6.92 Å². The molecule has 3 N–H and O–H groups in total.